The van der Waals surface area contributed by atoms with Crippen molar-refractivity contribution in [1.82, 2.24) is 9.78 Å². The van der Waals surface area contributed by atoms with Crippen LogP contribution in [0, 0.1) is 23.2 Å². The zero-order valence-corrected chi connectivity index (χ0v) is 13.5. The van der Waals surface area contributed by atoms with Crippen LogP contribution in [0.5, 0.6) is 0 Å². The fraction of sp³-hybridized carbons (Fsp3) is 0.667. The second kappa shape index (κ2) is 4.97. The number of amides is 1. The monoisotopic (exact) mass is 299 g/mol. The molecule has 1 aromatic heterocycles. The number of aryl methyl sites for hydroxylation is 1. The summed E-state index contributed by atoms with van der Waals surface area (Å²) < 4.78 is 1.70. The van der Waals surface area contributed by atoms with Crippen molar-refractivity contribution >= 4 is 11.7 Å². The van der Waals surface area contributed by atoms with E-state index in [1.54, 1.807) is 4.68 Å². The van der Waals surface area contributed by atoms with E-state index in [1.165, 1.54) is 44.1 Å². The van der Waals surface area contributed by atoms with E-state index in [0.717, 1.165) is 17.8 Å². The van der Waals surface area contributed by atoms with E-state index >= 15 is 0 Å². The molecule has 0 aliphatic heterocycles. The maximum Gasteiger partial charge on any atom is 0.249 e. The Morgan fingerprint density at radius 1 is 1.27 bits per heavy atom. The first-order chi connectivity index (χ1) is 10.5. The molecule has 4 heteroatoms. The molecule has 0 spiro atoms. The van der Waals surface area contributed by atoms with E-state index in [-0.39, 0.29) is 5.91 Å². The highest BCUT2D eigenvalue weighted by Gasteiger charge is 2.51. The first-order valence-electron chi connectivity index (χ1n) is 8.52. The quantitative estimate of drug-likeness (QED) is 0.868. The lowest BCUT2D eigenvalue weighted by Gasteiger charge is -2.57. The van der Waals surface area contributed by atoms with Gasteiger partial charge in [0.1, 0.15) is 0 Å². The Balaban J connectivity index is 1.51. The second-order valence-electron chi connectivity index (χ2n) is 7.89. The third kappa shape index (κ3) is 2.38. The average molecular weight is 299 g/mol. The molecule has 118 valence electrons. The molecule has 4 saturated carbocycles. The van der Waals surface area contributed by atoms with Crippen LogP contribution in [0.3, 0.4) is 0 Å². The molecule has 0 atom stereocenters. The van der Waals surface area contributed by atoms with E-state index in [2.05, 4.69) is 17.3 Å². The van der Waals surface area contributed by atoms with Gasteiger partial charge < -0.3 is 5.32 Å². The third-order valence-electron chi connectivity index (χ3n) is 6.19. The van der Waals surface area contributed by atoms with Crippen LogP contribution >= 0.6 is 0 Å². The SMILES string of the molecule is C/C(=C/C(=O)Nc1ccn(C)n1)C12CC3CC(CC(C3)C1)C2. The number of rotatable bonds is 3. The lowest BCUT2D eigenvalue weighted by Crippen LogP contribution is -2.46. The molecule has 4 aliphatic carbocycles. The van der Waals surface area contributed by atoms with Crippen LogP contribution in [0.2, 0.25) is 0 Å². The van der Waals surface area contributed by atoms with Crippen LogP contribution in [-0.2, 0) is 11.8 Å². The van der Waals surface area contributed by atoms with Gasteiger partial charge in [-0.1, -0.05) is 5.57 Å². The Labute approximate surface area is 132 Å². The van der Waals surface area contributed by atoms with Gasteiger partial charge in [0, 0.05) is 25.4 Å². The van der Waals surface area contributed by atoms with Crippen molar-refractivity contribution in [3.05, 3.63) is 23.9 Å². The molecule has 1 amide bonds. The number of aromatic nitrogens is 2. The molecular weight excluding hydrogens is 274 g/mol. The molecule has 0 unspecified atom stereocenters. The van der Waals surface area contributed by atoms with E-state index in [4.69, 9.17) is 0 Å². The zero-order chi connectivity index (χ0) is 15.3. The molecule has 1 aromatic rings. The average Bonchev–Trinajstić information content (AvgIpc) is 2.82. The number of nitrogens with one attached hydrogen (secondary N) is 1. The Kier molecular flexibility index (Phi) is 3.17. The van der Waals surface area contributed by atoms with Gasteiger partial charge in [-0.3, -0.25) is 9.48 Å². The lowest BCUT2D eigenvalue weighted by atomic mass is 9.48. The van der Waals surface area contributed by atoms with Gasteiger partial charge in [-0.15, -0.1) is 0 Å². The fourth-order valence-corrected chi connectivity index (χ4v) is 5.59. The summed E-state index contributed by atoms with van der Waals surface area (Å²) >= 11 is 0. The Morgan fingerprint density at radius 2 is 1.86 bits per heavy atom. The summed E-state index contributed by atoms with van der Waals surface area (Å²) in [5.74, 6) is 3.32. The van der Waals surface area contributed by atoms with E-state index in [0.29, 0.717) is 11.2 Å². The number of carbonyl (C=O) groups excluding carboxylic acids is 1. The van der Waals surface area contributed by atoms with Gasteiger partial charge in [0.15, 0.2) is 5.82 Å². The smallest absolute Gasteiger partial charge is 0.249 e. The van der Waals surface area contributed by atoms with Crippen LogP contribution < -0.4 is 5.32 Å². The minimum atomic E-state index is -0.0352. The number of carbonyl (C=O) groups is 1. The Bertz CT molecular complexity index is 593. The van der Waals surface area contributed by atoms with Crippen LogP contribution in [0.4, 0.5) is 5.82 Å². The van der Waals surface area contributed by atoms with Crippen molar-refractivity contribution in [2.45, 2.75) is 45.4 Å². The predicted octanol–water partition coefficient (Wildman–Crippen LogP) is 3.52. The van der Waals surface area contributed by atoms with Gasteiger partial charge in [-0.05, 0) is 68.6 Å². The number of nitrogens with zero attached hydrogens (tertiary/aromatic N) is 2. The van der Waals surface area contributed by atoms with Crippen molar-refractivity contribution in [2.75, 3.05) is 5.32 Å². The molecule has 1 heterocycles. The minimum absolute atomic E-state index is 0.0352. The summed E-state index contributed by atoms with van der Waals surface area (Å²) in [6.07, 6.45) is 11.9. The third-order valence-corrected chi connectivity index (χ3v) is 6.19. The van der Waals surface area contributed by atoms with Gasteiger partial charge >= 0.3 is 0 Å². The molecule has 0 aromatic carbocycles. The molecular formula is C18H25N3O. The van der Waals surface area contributed by atoms with Crippen LogP contribution in [0.1, 0.15) is 45.4 Å². The highest BCUT2D eigenvalue weighted by Crippen LogP contribution is 2.62. The molecule has 4 nitrogen and oxygen atoms in total. The lowest BCUT2D eigenvalue weighted by molar-refractivity contribution is -0.112. The summed E-state index contributed by atoms with van der Waals surface area (Å²) in [6.45, 7) is 2.17. The Hall–Kier alpha value is -1.58. The summed E-state index contributed by atoms with van der Waals surface area (Å²) in [7, 11) is 1.85. The molecule has 4 bridgehead atoms. The van der Waals surface area contributed by atoms with Crippen molar-refractivity contribution in [3.8, 4) is 0 Å². The molecule has 0 radical (unpaired) electrons. The van der Waals surface area contributed by atoms with E-state index < -0.39 is 0 Å². The standard InChI is InChI=1S/C18H25N3O/c1-12(5-17(22)19-16-3-4-21(2)20-16)18-9-13-6-14(10-18)8-15(7-13)11-18/h3-5,13-15H,6-11H2,1-2H3,(H,19,20,22)/b12-5-. The summed E-state index contributed by atoms with van der Waals surface area (Å²) in [5.41, 5.74) is 1.61. The highest BCUT2D eigenvalue weighted by atomic mass is 16.1. The number of allylic oxidation sites excluding steroid dienone is 1. The minimum Gasteiger partial charge on any atom is -0.306 e. The topological polar surface area (TPSA) is 46.9 Å². The number of anilines is 1. The van der Waals surface area contributed by atoms with E-state index in [1.807, 2.05) is 25.4 Å². The molecule has 4 fully saturated rings. The second-order valence-corrected chi connectivity index (χ2v) is 7.89. The number of hydrogen-bond donors (Lipinski definition) is 1. The maximum absolute atomic E-state index is 12.3. The molecule has 5 rings (SSSR count). The van der Waals surface area contributed by atoms with Gasteiger partial charge in [0.05, 0.1) is 0 Å². The predicted molar refractivity (Wildman–Crippen MR) is 86.2 cm³/mol. The molecule has 22 heavy (non-hydrogen) atoms. The van der Waals surface area contributed by atoms with Gasteiger partial charge in [0.2, 0.25) is 5.91 Å². The fourth-order valence-electron chi connectivity index (χ4n) is 5.59. The number of hydrogen-bond acceptors (Lipinski definition) is 2. The van der Waals surface area contributed by atoms with E-state index in [9.17, 15) is 4.79 Å². The molecule has 0 saturated heterocycles. The van der Waals surface area contributed by atoms with Crippen molar-refractivity contribution in [2.24, 2.45) is 30.2 Å². The van der Waals surface area contributed by atoms with Crippen molar-refractivity contribution < 1.29 is 4.79 Å². The summed E-state index contributed by atoms with van der Waals surface area (Å²) in [6, 6.07) is 1.83. The van der Waals surface area contributed by atoms with Gasteiger partial charge in [0.25, 0.3) is 0 Å². The van der Waals surface area contributed by atoms with Crippen LogP contribution in [0.25, 0.3) is 0 Å². The van der Waals surface area contributed by atoms with Crippen LogP contribution in [0.15, 0.2) is 23.9 Å². The van der Waals surface area contributed by atoms with Crippen molar-refractivity contribution in [3.63, 3.8) is 0 Å². The Morgan fingerprint density at radius 3 is 2.36 bits per heavy atom. The summed E-state index contributed by atoms with van der Waals surface area (Å²) in [5, 5.41) is 7.08. The van der Waals surface area contributed by atoms with Crippen LogP contribution in [-0.4, -0.2) is 15.7 Å². The zero-order valence-electron chi connectivity index (χ0n) is 13.5. The summed E-state index contributed by atoms with van der Waals surface area (Å²) in [4.78, 5) is 12.3. The largest absolute Gasteiger partial charge is 0.306 e. The molecule has 4 aliphatic rings. The maximum atomic E-state index is 12.3. The normalized spacial score (nSPS) is 36.6. The first kappa shape index (κ1) is 14.0. The van der Waals surface area contributed by atoms with Gasteiger partial charge in [-0.25, -0.2) is 0 Å². The van der Waals surface area contributed by atoms with Crippen molar-refractivity contribution in [1.29, 1.82) is 0 Å². The first-order valence-corrected chi connectivity index (χ1v) is 8.52. The highest BCUT2D eigenvalue weighted by molar-refractivity contribution is 5.99. The van der Waals surface area contributed by atoms with Gasteiger partial charge in [-0.2, -0.15) is 5.10 Å². The molecule has 1 N–H and O–H groups in total.